The van der Waals surface area contributed by atoms with Gasteiger partial charge < -0.3 is 10.2 Å². The summed E-state index contributed by atoms with van der Waals surface area (Å²) >= 11 is 0. The molecule has 20 heavy (non-hydrogen) atoms. The summed E-state index contributed by atoms with van der Waals surface area (Å²) < 4.78 is 24.5. The van der Waals surface area contributed by atoms with E-state index in [0.717, 1.165) is 25.4 Å². The van der Waals surface area contributed by atoms with Gasteiger partial charge in [-0.2, -0.15) is 0 Å². The van der Waals surface area contributed by atoms with Crippen LogP contribution in [0.1, 0.15) is 38.5 Å². The zero-order valence-electron chi connectivity index (χ0n) is 12.8. The van der Waals surface area contributed by atoms with Crippen molar-refractivity contribution < 1.29 is 8.42 Å². The van der Waals surface area contributed by atoms with Crippen LogP contribution in [0.2, 0.25) is 0 Å². The van der Waals surface area contributed by atoms with Crippen molar-refractivity contribution >= 4 is 10.0 Å². The highest BCUT2D eigenvalue weighted by Crippen LogP contribution is 2.18. The van der Waals surface area contributed by atoms with Gasteiger partial charge in [0.25, 0.3) is 0 Å². The molecule has 2 aliphatic rings. The van der Waals surface area contributed by atoms with Crippen LogP contribution >= 0.6 is 0 Å². The predicted molar refractivity (Wildman–Crippen MR) is 82.3 cm³/mol. The largest absolute Gasteiger partial charge is 0.314 e. The first-order valence-electron chi connectivity index (χ1n) is 7.85. The summed E-state index contributed by atoms with van der Waals surface area (Å²) in [5.74, 6) is 0. The van der Waals surface area contributed by atoms with Gasteiger partial charge in [-0.1, -0.05) is 6.42 Å². The summed E-state index contributed by atoms with van der Waals surface area (Å²) in [5.41, 5.74) is 0. The van der Waals surface area contributed by atoms with Crippen LogP contribution in [-0.2, 0) is 10.0 Å². The first kappa shape index (κ1) is 16.2. The Bertz CT molecular complexity index is 391. The zero-order valence-corrected chi connectivity index (χ0v) is 13.7. The molecule has 2 fully saturated rings. The van der Waals surface area contributed by atoms with Gasteiger partial charge in [-0.15, -0.1) is 0 Å². The lowest BCUT2D eigenvalue weighted by Gasteiger charge is -2.34. The minimum atomic E-state index is -3.00. The Kier molecular flexibility index (Phi) is 5.84. The second-order valence-electron chi connectivity index (χ2n) is 6.31. The fourth-order valence-corrected chi connectivity index (χ4v) is 4.23. The van der Waals surface area contributed by atoms with Gasteiger partial charge in [-0.3, -0.25) is 0 Å². The number of likely N-dealkylation sites (tertiary alicyclic amines) is 1. The molecule has 6 heteroatoms. The van der Waals surface area contributed by atoms with Crippen molar-refractivity contribution in [2.75, 3.05) is 39.5 Å². The average molecular weight is 303 g/mol. The molecule has 0 aromatic rings. The molecule has 5 nitrogen and oxygen atoms in total. The molecular formula is C14H29N3O2S. The number of nitrogens with one attached hydrogen (secondary N) is 1. The van der Waals surface area contributed by atoms with E-state index < -0.39 is 10.0 Å². The lowest BCUT2D eigenvalue weighted by atomic mass is 9.99. The van der Waals surface area contributed by atoms with Crippen LogP contribution in [0.3, 0.4) is 0 Å². The van der Waals surface area contributed by atoms with Crippen molar-refractivity contribution in [3.8, 4) is 0 Å². The fraction of sp³-hybridized carbons (Fsp3) is 1.00. The molecule has 0 radical (unpaired) electrons. The molecule has 0 spiro atoms. The van der Waals surface area contributed by atoms with Gasteiger partial charge in [-0.05, 0) is 52.2 Å². The van der Waals surface area contributed by atoms with Crippen molar-refractivity contribution in [3.63, 3.8) is 0 Å². The second kappa shape index (κ2) is 7.20. The highest BCUT2D eigenvalue weighted by molar-refractivity contribution is 7.88. The molecule has 0 aliphatic carbocycles. The Morgan fingerprint density at radius 2 is 1.80 bits per heavy atom. The Balaban J connectivity index is 1.64. The van der Waals surface area contributed by atoms with E-state index in [1.807, 2.05) is 0 Å². The minimum Gasteiger partial charge on any atom is -0.314 e. The summed E-state index contributed by atoms with van der Waals surface area (Å²) in [6.45, 7) is 3.62. The van der Waals surface area contributed by atoms with Gasteiger partial charge in [-0.25, -0.2) is 12.7 Å². The van der Waals surface area contributed by atoms with Crippen molar-refractivity contribution in [1.82, 2.24) is 14.5 Å². The molecule has 2 aliphatic heterocycles. The van der Waals surface area contributed by atoms with Crippen LogP contribution in [0.5, 0.6) is 0 Å². The number of piperidine rings is 2. The van der Waals surface area contributed by atoms with Gasteiger partial charge >= 0.3 is 0 Å². The molecule has 2 saturated heterocycles. The van der Waals surface area contributed by atoms with E-state index in [-0.39, 0.29) is 0 Å². The van der Waals surface area contributed by atoms with Crippen molar-refractivity contribution in [1.29, 1.82) is 0 Å². The SMILES string of the molecule is CN1CCCCC1CCNC1CCN(S(C)(=O)=O)CC1. The van der Waals surface area contributed by atoms with E-state index in [2.05, 4.69) is 17.3 Å². The third-order valence-corrected chi connectivity index (χ3v) is 6.06. The highest BCUT2D eigenvalue weighted by Gasteiger charge is 2.25. The lowest BCUT2D eigenvalue weighted by molar-refractivity contribution is 0.172. The van der Waals surface area contributed by atoms with Crippen LogP contribution in [0.15, 0.2) is 0 Å². The molecule has 0 saturated carbocycles. The zero-order chi connectivity index (χ0) is 14.6. The molecule has 0 amide bonds. The molecule has 0 bridgehead atoms. The Hall–Kier alpha value is -0.170. The monoisotopic (exact) mass is 303 g/mol. The third kappa shape index (κ3) is 4.69. The summed E-state index contributed by atoms with van der Waals surface area (Å²) in [5, 5.41) is 3.61. The van der Waals surface area contributed by atoms with Crippen LogP contribution in [0.4, 0.5) is 0 Å². The van der Waals surface area contributed by atoms with E-state index in [0.29, 0.717) is 19.1 Å². The maximum absolute atomic E-state index is 11.4. The molecule has 118 valence electrons. The highest BCUT2D eigenvalue weighted by atomic mass is 32.2. The van der Waals surface area contributed by atoms with Crippen LogP contribution in [-0.4, -0.2) is 69.2 Å². The molecular weight excluding hydrogens is 274 g/mol. The van der Waals surface area contributed by atoms with Gasteiger partial charge in [0.15, 0.2) is 0 Å². The van der Waals surface area contributed by atoms with Gasteiger partial charge in [0.05, 0.1) is 6.26 Å². The summed E-state index contributed by atoms with van der Waals surface area (Å²) in [7, 11) is -0.765. The third-order valence-electron chi connectivity index (χ3n) is 4.76. The predicted octanol–water partition coefficient (Wildman–Crippen LogP) is 0.874. The lowest BCUT2D eigenvalue weighted by Crippen LogP contribution is -2.45. The topological polar surface area (TPSA) is 52.6 Å². The van der Waals surface area contributed by atoms with E-state index in [1.54, 1.807) is 4.31 Å². The maximum Gasteiger partial charge on any atom is 0.211 e. The summed E-state index contributed by atoms with van der Waals surface area (Å²) in [6, 6.07) is 1.22. The second-order valence-corrected chi connectivity index (χ2v) is 8.29. The van der Waals surface area contributed by atoms with E-state index in [9.17, 15) is 8.42 Å². The smallest absolute Gasteiger partial charge is 0.211 e. The Morgan fingerprint density at radius 3 is 2.40 bits per heavy atom. The van der Waals surface area contributed by atoms with Crippen molar-refractivity contribution in [2.45, 2.75) is 50.6 Å². The first-order chi connectivity index (χ1) is 9.47. The van der Waals surface area contributed by atoms with Gasteiger partial charge in [0, 0.05) is 25.2 Å². The molecule has 1 atom stereocenters. The van der Waals surface area contributed by atoms with Crippen molar-refractivity contribution in [2.24, 2.45) is 0 Å². The van der Waals surface area contributed by atoms with Crippen LogP contribution in [0.25, 0.3) is 0 Å². The molecule has 1 N–H and O–H groups in total. The Labute approximate surface area is 123 Å². The maximum atomic E-state index is 11.4. The fourth-order valence-electron chi connectivity index (χ4n) is 3.35. The van der Waals surface area contributed by atoms with E-state index >= 15 is 0 Å². The average Bonchev–Trinajstić information content (AvgIpc) is 2.40. The molecule has 2 rings (SSSR count). The molecule has 2 heterocycles. The quantitative estimate of drug-likeness (QED) is 0.819. The standard InChI is InChI=1S/C14H29N3O2S/c1-16-10-4-3-5-14(16)6-9-15-13-7-11-17(12-8-13)20(2,18)19/h13-15H,3-12H2,1-2H3. The minimum absolute atomic E-state index is 0.488. The van der Waals surface area contributed by atoms with E-state index in [1.165, 1.54) is 38.5 Å². The normalized spacial score (nSPS) is 27.8. The number of sulfonamides is 1. The number of rotatable bonds is 5. The van der Waals surface area contributed by atoms with Crippen molar-refractivity contribution in [3.05, 3.63) is 0 Å². The van der Waals surface area contributed by atoms with Gasteiger partial charge in [0.2, 0.25) is 10.0 Å². The molecule has 1 unspecified atom stereocenters. The van der Waals surface area contributed by atoms with Crippen LogP contribution < -0.4 is 5.32 Å². The van der Waals surface area contributed by atoms with E-state index in [4.69, 9.17) is 0 Å². The molecule has 0 aromatic heterocycles. The summed E-state index contributed by atoms with van der Waals surface area (Å²) in [6.07, 6.45) is 8.42. The van der Waals surface area contributed by atoms with Crippen LogP contribution in [0, 0.1) is 0 Å². The number of hydrogen-bond acceptors (Lipinski definition) is 4. The first-order valence-corrected chi connectivity index (χ1v) is 9.70. The number of hydrogen-bond donors (Lipinski definition) is 1. The van der Waals surface area contributed by atoms with Gasteiger partial charge in [0.1, 0.15) is 0 Å². The Morgan fingerprint density at radius 1 is 1.10 bits per heavy atom. The number of nitrogens with zero attached hydrogens (tertiary/aromatic N) is 2. The molecule has 0 aromatic carbocycles. The summed E-state index contributed by atoms with van der Waals surface area (Å²) in [4.78, 5) is 2.48.